The highest BCUT2D eigenvalue weighted by molar-refractivity contribution is 6.16. The molecule has 75 heavy (non-hydrogen) atoms. The summed E-state index contributed by atoms with van der Waals surface area (Å²) < 4.78 is 7.43. The van der Waals surface area contributed by atoms with Crippen LogP contribution in [0.3, 0.4) is 0 Å². The van der Waals surface area contributed by atoms with Crippen molar-refractivity contribution in [2.45, 2.75) is 38.8 Å². The maximum atomic E-state index is 6.32. The molecular formula is C67H56N8. The predicted molar refractivity (Wildman–Crippen MR) is 314 cm³/mol. The summed E-state index contributed by atoms with van der Waals surface area (Å²) in [7, 11) is 0. The number of rotatable bonds is 11. The number of allylic oxidation sites excluding steroid dienone is 6. The number of nitrogens with two attached hydrogens (primary N) is 1. The quantitative estimate of drug-likeness (QED) is 0.0891. The second-order valence-corrected chi connectivity index (χ2v) is 20.3. The van der Waals surface area contributed by atoms with Gasteiger partial charge in [0.15, 0.2) is 5.84 Å². The number of hydrogen-bond acceptors (Lipinski definition) is 5. The standard InChI is InChI=1S/C67H56N8/c1-4-16-44(39-68)65-70-66(45-17-15-32-69-40-45)72-67(71-65)47-35-54(41(5-2)6-3)64(55(36-47)43-27-26-42-33-46(42)34-43)75-62-30-28-48(73-58-22-11-7-18-50(58)51-19-8-12-23-59(51)73)37-56(62)57-38-49(29-31-63(57)75)74-60-24-13-9-20-52(60)53-21-10-14-25-61(53)74/h4-5,7-31,34-42,46,67,69H,2,6,32-33,68H2,1,3H3,(H,70,71,72)/b16-4-,44-39+/t41?,42?,46-,67?/m0/s1. The molecule has 3 unspecified atom stereocenters. The Labute approximate surface area is 435 Å². The van der Waals surface area contributed by atoms with Crippen LogP contribution in [0.2, 0.25) is 0 Å². The van der Waals surface area contributed by atoms with E-state index >= 15 is 0 Å². The van der Waals surface area contributed by atoms with E-state index in [1.807, 2.05) is 25.3 Å². The summed E-state index contributed by atoms with van der Waals surface area (Å²) >= 11 is 0. The van der Waals surface area contributed by atoms with Crippen molar-refractivity contribution in [1.29, 1.82) is 0 Å². The van der Waals surface area contributed by atoms with Crippen LogP contribution in [0.1, 0.15) is 55.5 Å². The van der Waals surface area contributed by atoms with Gasteiger partial charge in [-0.15, -0.1) is 6.58 Å². The summed E-state index contributed by atoms with van der Waals surface area (Å²) in [5.41, 5.74) is 23.0. The molecule has 0 radical (unpaired) electrons. The fraction of sp³-hybridized carbons (Fsp3) is 0.134. The van der Waals surface area contributed by atoms with Crippen LogP contribution in [0.4, 0.5) is 0 Å². The molecule has 0 amide bonds. The topological polar surface area (TPSA) is 89.6 Å². The monoisotopic (exact) mass is 972 g/mol. The molecule has 14 rings (SSSR count). The number of benzene rings is 7. The lowest BCUT2D eigenvalue weighted by Crippen LogP contribution is -2.35. The Balaban J connectivity index is 1.06. The Morgan fingerprint density at radius 1 is 0.693 bits per heavy atom. The molecule has 7 aromatic carbocycles. The van der Waals surface area contributed by atoms with Crippen molar-refractivity contribution in [3.8, 4) is 17.1 Å². The van der Waals surface area contributed by atoms with Crippen molar-refractivity contribution in [3.63, 3.8) is 0 Å². The zero-order valence-corrected chi connectivity index (χ0v) is 42.1. The van der Waals surface area contributed by atoms with Crippen LogP contribution in [0, 0.1) is 11.8 Å². The third-order valence-corrected chi connectivity index (χ3v) is 15.9. The molecule has 364 valence electrons. The van der Waals surface area contributed by atoms with Crippen molar-refractivity contribution >= 4 is 82.7 Å². The van der Waals surface area contributed by atoms with Crippen molar-refractivity contribution in [3.05, 3.63) is 241 Å². The lowest BCUT2D eigenvalue weighted by atomic mass is 9.86. The summed E-state index contributed by atoms with van der Waals surface area (Å²) in [5.74, 6) is 2.43. The molecular weight excluding hydrogens is 917 g/mol. The van der Waals surface area contributed by atoms with E-state index in [1.165, 1.54) is 71.9 Å². The fourth-order valence-corrected chi connectivity index (χ4v) is 12.3. The second-order valence-electron chi connectivity index (χ2n) is 20.3. The predicted octanol–water partition coefficient (Wildman–Crippen LogP) is 15.1. The first-order chi connectivity index (χ1) is 37.0. The van der Waals surface area contributed by atoms with Crippen LogP contribution in [0.15, 0.2) is 234 Å². The minimum atomic E-state index is -0.472. The van der Waals surface area contributed by atoms with E-state index in [2.05, 4.69) is 220 Å². The van der Waals surface area contributed by atoms with Gasteiger partial charge in [0.05, 0.1) is 38.8 Å². The number of aromatic nitrogens is 3. The number of para-hydroxylation sites is 4. The molecule has 0 saturated heterocycles. The van der Waals surface area contributed by atoms with Crippen LogP contribution >= 0.6 is 0 Å². The number of amidine groups is 2. The van der Waals surface area contributed by atoms with Gasteiger partial charge in [0, 0.05) is 85.3 Å². The minimum absolute atomic E-state index is 0.0117. The number of aliphatic imine (C=N–C) groups is 2. The third-order valence-electron chi connectivity index (χ3n) is 15.9. The molecule has 8 nitrogen and oxygen atoms in total. The first-order valence-electron chi connectivity index (χ1n) is 26.4. The smallest absolute Gasteiger partial charge is 0.160 e. The molecule has 4 N–H and O–H groups in total. The van der Waals surface area contributed by atoms with Crippen LogP contribution in [-0.2, 0) is 0 Å². The Morgan fingerprint density at radius 3 is 1.80 bits per heavy atom. The number of dihydropyridines is 1. The van der Waals surface area contributed by atoms with Gasteiger partial charge in [-0.2, -0.15) is 0 Å². The van der Waals surface area contributed by atoms with Gasteiger partial charge in [-0.1, -0.05) is 128 Å². The first-order valence-corrected chi connectivity index (χ1v) is 26.4. The largest absolute Gasteiger partial charge is 0.404 e. The molecule has 2 aliphatic carbocycles. The lowest BCUT2D eigenvalue weighted by molar-refractivity contribution is 0.669. The highest BCUT2D eigenvalue weighted by Gasteiger charge is 2.36. The van der Waals surface area contributed by atoms with Crippen LogP contribution < -0.4 is 16.4 Å². The Kier molecular flexibility index (Phi) is 10.6. The van der Waals surface area contributed by atoms with E-state index in [0.717, 1.165) is 69.2 Å². The van der Waals surface area contributed by atoms with Gasteiger partial charge in [0.1, 0.15) is 12.0 Å². The Morgan fingerprint density at radius 2 is 1.28 bits per heavy atom. The van der Waals surface area contributed by atoms with Crippen LogP contribution in [0.5, 0.6) is 0 Å². The number of nitrogens with one attached hydrogen (secondary N) is 2. The molecule has 3 aromatic heterocycles. The summed E-state index contributed by atoms with van der Waals surface area (Å²) in [6, 6.07) is 54.1. The van der Waals surface area contributed by atoms with Gasteiger partial charge in [0.2, 0.25) is 0 Å². The van der Waals surface area contributed by atoms with E-state index in [0.29, 0.717) is 17.7 Å². The zero-order valence-electron chi connectivity index (χ0n) is 42.1. The summed E-state index contributed by atoms with van der Waals surface area (Å²) in [6.07, 6.45) is 22.8. The van der Waals surface area contributed by atoms with Gasteiger partial charge in [-0.05, 0) is 121 Å². The molecule has 1 fully saturated rings. The zero-order chi connectivity index (χ0) is 50.3. The maximum absolute atomic E-state index is 6.32. The maximum Gasteiger partial charge on any atom is 0.160 e. The molecule has 2 aliphatic heterocycles. The SMILES string of the molecule is C=CC(CC)c1cc(C2N=C(C(/C=C\C)=C/N)N=C(C3=CNCC=C3)N2)cc(C2=C[C@@H]3CC3C=C2)c1-n1c2ccc(-n3c4ccccc4c4ccccc43)cc2c2cc(-n3c4ccccc4c4ccccc43)ccc21. The summed E-state index contributed by atoms with van der Waals surface area (Å²) in [5, 5.41) is 14.5. The van der Waals surface area contributed by atoms with Gasteiger partial charge >= 0.3 is 0 Å². The van der Waals surface area contributed by atoms with Crippen molar-refractivity contribution in [2.75, 3.05) is 6.54 Å². The molecule has 1 saturated carbocycles. The molecule has 5 heterocycles. The number of nitrogens with zero attached hydrogens (tertiary/aromatic N) is 5. The van der Waals surface area contributed by atoms with E-state index in [-0.39, 0.29) is 5.92 Å². The van der Waals surface area contributed by atoms with Gasteiger partial charge in [0.25, 0.3) is 0 Å². The highest BCUT2D eigenvalue weighted by Crippen LogP contribution is 2.49. The first kappa shape index (κ1) is 44.6. The van der Waals surface area contributed by atoms with Crippen molar-refractivity contribution in [2.24, 2.45) is 27.6 Å². The molecule has 8 heteroatoms. The summed E-state index contributed by atoms with van der Waals surface area (Å²) in [6.45, 7) is 9.54. The third kappa shape index (κ3) is 7.19. The normalized spacial score (nSPS) is 18.9. The minimum Gasteiger partial charge on any atom is -0.404 e. The molecule has 4 aliphatic rings. The van der Waals surface area contributed by atoms with E-state index in [4.69, 9.17) is 15.7 Å². The number of hydrogen-bond donors (Lipinski definition) is 3. The molecule has 0 spiro atoms. The fourth-order valence-electron chi connectivity index (χ4n) is 12.3. The average Bonchev–Trinajstić information content (AvgIpc) is 4.01. The summed E-state index contributed by atoms with van der Waals surface area (Å²) in [4.78, 5) is 10.5. The molecule has 4 atom stereocenters. The van der Waals surface area contributed by atoms with Crippen molar-refractivity contribution < 1.29 is 0 Å². The van der Waals surface area contributed by atoms with E-state index in [9.17, 15) is 0 Å². The molecule has 10 aromatic rings. The van der Waals surface area contributed by atoms with Crippen LogP contribution in [-0.4, -0.2) is 31.9 Å². The van der Waals surface area contributed by atoms with Crippen LogP contribution in [0.25, 0.3) is 88.1 Å². The van der Waals surface area contributed by atoms with Gasteiger partial charge in [-0.3, -0.25) is 0 Å². The Hall–Kier alpha value is -9.14. The van der Waals surface area contributed by atoms with E-state index < -0.39 is 6.17 Å². The van der Waals surface area contributed by atoms with Gasteiger partial charge in [-0.25, -0.2) is 9.98 Å². The average molecular weight is 973 g/mol. The lowest BCUT2D eigenvalue weighted by Gasteiger charge is -2.29. The molecule has 0 bridgehead atoms. The van der Waals surface area contributed by atoms with Crippen molar-refractivity contribution in [1.82, 2.24) is 24.3 Å². The van der Waals surface area contributed by atoms with E-state index in [1.54, 1.807) is 6.20 Å². The second kappa shape index (κ2) is 17.8. The highest BCUT2D eigenvalue weighted by atomic mass is 15.2. The van der Waals surface area contributed by atoms with Gasteiger partial charge < -0.3 is 30.1 Å². The number of fused-ring (bicyclic) bond motifs is 10. The Bertz CT molecular complexity index is 4030.